The van der Waals surface area contributed by atoms with Gasteiger partial charge < -0.3 is 15.4 Å². The summed E-state index contributed by atoms with van der Waals surface area (Å²) in [6.07, 6.45) is 2.27. The van der Waals surface area contributed by atoms with Crippen molar-refractivity contribution >= 4 is 11.5 Å². The zero-order valence-electron chi connectivity index (χ0n) is 20.0. The highest BCUT2D eigenvalue weighted by Gasteiger charge is 2.29. The lowest BCUT2D eigenvalue weighted by molar-refractivity contribution is 0.0134. The number of morpholine rings is 1. The van der Waals surface area contributed by atoms with Crippen molar-refractivity contribution in [3.05, 3.63) is 23.5 Å². The minimum atomic E-state index is -0.0142. The zero-order valence-corrected chi connectivity index (χ0v) is 20.0. The smallest absolute Gasteiger partial charge is 0.157 e. The third kappa shape index (κ3) is 5.38. The van der Waals surface area contributed by atoms with Crippen LogP contribution >= 0.6 is 0 Å². The van der Waals surface area contributed by atoms with Gasteiger partial charge in [-0.05, 0) is 31.3 Å². The molecule has 0 saturated carbocycles. The quantitative estimate of drug-likeness (QED) is 0.789. The number of hydrogen-bond donors (Lipinski definition) is 1. The standard InChI is InChI=1S/C24H40N6O/c1-23(2,3)20-15-22-26-19(14-21(25)30(22)27-20)18-6-8-28(9-7-18)16-24(4,5)17-29-10-12-31-13-11-29/h14-15,18H,6-13,16-17,25H2,1-5H3. The third-order valence-electron chi connectivity index (χ3n) is 6.66. The lowest BCUT2D eigenvalue weighted by Gasteiger charge is -2.40. The van der Waals surface area contributed by atoms with E-state index in [-0.39, 0.29) is 10.8 Å². The van der Waals surface area contributed by atoms with Gasteiger partial charge in [-0.3, -0.25) is 4.90 Å². The van der Waals surface area contributed by atoms with Crippen molar-refractivity contribution in [1.29, 1.82) is 0 Å². The van der Waals surface area contributed by atoms with Crippen LogP contribution in [-0.4, -0.2) is 76.9 Å². The van der Waals surface area contributed by atoms with Crippen LogP contribution in [0.1, 0.15) is 64.8 Å². The second kappa shape index (κ2) is 8.68. The van der Waals surface area contributed by atoms with Crippen LogP contribution < -0.4 is 5.73 Å². The molecular formula is C24H40N6O. The molecule has 7 nitrogen and oxygen atoms in total. The highest BCUT2D eigenvalue weighted by atomic mass is 16.5. The normalized spacial score (nSPS) is 20.5. The minimum absolute atomic E-state index is 0.0142. The molecule has 4 rings (SSSR count). The number of piperidine rings is 1. The highest BCUT2D eigenvalue weighted by molar-refractivity contribution is 5.49. The van der Waals surface area contributed by atoms with Crippen molar-refractivity contribution < 1.29 is 4.74 Å². The molecule has 2 aliphatic heterocycles. The lowest BCUT2D eigenvalue weighted by Crippen LogP contribution is -2.47. The van der Waals surface area contributed by atoms with Crippen LogP contribution in [0.4, 0.5) is 5.82 Å². The number of fused-ring (bicyclic) bond motifs is 1. The first-order chi connectivity index (χ1) is 14.6. The molecule has 31 heavy (non-hydrogen) atoms. The Bertz CT molecular complexity index is 885. The molecule has 2 fully saturated rings. The van der Waals surface area contributed by atoms with Crippen LogP contribution in [0, 0.1) is 5.41 Å². The molecule has 2 aromatic heterocycles. The SMILES string of the molecule is CC(C)(CN1CCOCC1)CN1CCC(c2cc(N)n3nc(C(C)(C)C)cc3n2)CC1. The molecule has 0 bridgehead atoms. The molecule has 0 spiro atoms. The summed E-state index contributed by atoms with van der Waals surface area (Å²) in [7, 11) is 0. The summed E-state index contributed by atoms with van der Waals surface area (Å²) in [6.45, 7) is 19.7. The Morgan fingerprint density at radius 1 is 0.968 bits per heavy atom. The maximum absolute atomic E-state index is 6.36. The molecule has 0 radical (unpaired) electrons. The van der Waals surface area contributed by atoms with Crippen molar-refractivity contribution in [3.63, 3.8) is 0 Å². The fraction of sp³-hybridized carbons (Fsp3) is 0.750. The van der Waals surface area contributed by atoms with Crippen molar-refractivity contribution in [2.75, 3.05) is 58.2 Å². The number of hydrogen-bond acceptors (Lipinski definition) is 6. The summed E-state index contributed by atoms with van der Waals surface area (Å²) in [4.78, 5) is 10.1. The molecule has 2 N–H and O–H groups in total. The Hall–Kier alpha value is -1.70. The largest absolute Gasteiger partial charge is 0.384 e. The second-order valence-corrected chi connectivity index (χ2v) is 11.3. The first kappa shape index (κ1) is 22.5. The van der Waals surface area contributed by atoms with Crippen LogP contribution in [0.15, 0.2) is 12.1 Å². The van der Waals surface area contributed by atoms with Gasteiger partial charge in [0.05, 0.1) is 18.9 Å². The molecule has 0 amide bonds. The minimum Gasteiger partial charge on any atom is -0.384 e. The van der Waals surface area contributed by atoms with E-state index < -0.39 is 0 Å². The molecular weight excluding hydrogens is 388 g/mol. The van der Waals surface area contributed by atoms with E-state index in [1.54, 1.807) is 4.52 Å². The first-order valence-electron chi connectivity index (χ1n) is 11.8. The van der Waals surface area contributed by atoms with E-state index in [1.807, 2.05) is 6.07 Å². The van der Waals surface area contributed by atoms with E-state index in [9.17, 15) is 0 Å². The summed E-state index contributed by atoms with van der Waals surface area (Å²) < 4.78 is 7.28. The number of nitrogens with zero attached hydrogens (tertiary/aromatic N) is 5. The van der Waals surface area contributed by atoms with Gasteiger partial charge in [-0.25, -0.2) is 4.98 Å². The van der Waals surface area contributed by atoms with Gasteiger partial charge in [-0.2, -0.15) is 9.61 Å². The topological polar surface area (TPSA) is 71.9 Å². The third-order valence-corrected chi connectivity index (χ3v) is 6.66. The van der Waals surface area contributed by atoms with Gasteiger partial charge in [-0.1, -0.05) is 34.6 Å². The average Bonchev–Trinajstić information content (AvgIpc) is 3.14. The summed E-state index contributed by atoms with van der Waals surface area (Å²) >= 11 is 0. The number of rotatable bonds is 5. The lowest BCUT2D eigenvalue weighted by atomic mass is 9.88. The maximum atomic E-state index is 6.36. The molecule has 4 heterocycles. The Kier molecular flexibility index (Phi) is 6.30. The number of likely N-dealkylation sites (tertiary alicyclic amines) is 1. The van der Waals surface area contributed by atoms with Crippen molar-refractivity contribution in [2.45, 2.75) is 58.8 Å². The molecule has 2 aromatic rings. The second-order valence-electron chi connectivity index (χ2n) is 11.3. The molecule has 2 saturated heterocycles. The van der Waals surface area contributed by atoms with Crippen LogP contribution in [0.2, 0.25) is 0 Å². The predicted molar refractivity (Wildman–Crippen MR) is 126 cm³/mol. The maximum Gasteiger partial charge on any atom is 0.157 e. The number of anilines is 1. The number of nitrogens with two attached hydrogens (primary N) is 1. The van der Waals surface area contributed by atoms with E-state index in [2.05, 4.69) is 55.6 Å². The molecule has 172 valence electrons. The van der Waals surface area contributed by atoms with Gasteiger partial charge in [-0.15, -0.1) is 0 Å². The summed E-state index contributed by atoms with van der Waals surface area (Å²) in [6, 6.07) is 4.12. The summed E-state index contributed by atoms with van der Waals surface area (Å²) in [5.41, 5.74) is 9.65. The number of aromatic nitrogens is 3. The van der Waals surface area contributed by atoms with Crippen LogP contribution in [0.5, 0.6) is 0 Å². The molecule has 2 aliphatic rings. The fourth-order valence-electron chi connectivity index (χ4n) is 5.00. The van der Waals surface area contributed by atoms with Gasteiger partial charge in [0, 0.05) is 55.3 Å². The Labute approximate surface area is 186 Å². The Balaban J connectivity index is 1.37. The van der Waals surface area contributed by atoms with Gasteiger partial charge in [0.1, 0.15) is 5.82 Å². The highest BCUT2D eigenvalue weighted by Crippen LogP contribution is 2.31. The van der Waals surface area contributed by atoms with Crippen molar-refractivity contribution in [3.8, 4) is 0 Å². The zero-order chi connectivity index (χ0) is 22.2. The van der Waals surface area contributed by atoms with Gasteiger partial charge in [0.25, 0.3) is 0 Å². The number of ether oxygens (including phenoxy) is 1. The van der Waals surface area contributed by atoms with Gasteiger partial charge >= 0.3 is 0 Å². The van der Waals surface area contributed by atoms with Crippen molar-refractivity contribution in [1.82, 2.24) is 24.4 Å². The molecule has 0 aliphatic carbocycles. The Morgan fingerprint density at radius 3 is 2.19 bits per heavy atom. The van der Waals surface area contributed by atoms with Crippen LogP contribution in [-0.2, 0) is 10.2 Å². The molecule has 0 atom stereocenters. The Morgan fingerprint density at radius 2 is 1.58 bits per heavy atom. The predicted octanol–water partition coefficient (Wildman–Crippen LogP) is 3.15. The van der Waals surface area contributed by atoms with Crippen LogP contribution in [0.3, 0.4) is 0 Å². The van der Waals surface area contributed by atoms with E-state index in [1.165, 1.54) is 0 Å². The molecule has 7 heteroatoms. The number of nitrogen functional groups attached to an aromatic ring is 1. The average molecular weight is 429 g/mol. The molecule has 0 unspecified atom stereocenters. The summed E-state index contributed by atoms with van der Waals surface area (Å²) in [5.74, 6) is 1.16. The molecule has 0 aromatic carbocycles. The fourth-order valence-corrected chi connectivity index (χ4v) is 5.00. The van der Waals surface area contributed by atoms with E-state index >= 15 is 0 Å². The van der Waals surface area contributed by atoms with Gasteiger partial charge in [0.2, 0.25) is 0 Å². The van der Waals surface area contributed by atoms with E-state index in [0.717, 1.165) is 82.4 Å². The van der Waals surface area contributed by atoms with Crippen LogP contribution in [0.25, 0.3) is 5.65 Å². The summed E-state index contributed by atoms with van der Waals surface area (Å²) in [5, 5.41) is 4.68. The van der Waals surface area contributed by atoms with Crippen molar-refractivity contribution in [2.24, 2.45) is 5.41 Å². The van der Waals surface area contributed by atoms with Gasteiger partial charge in [0.15, 0.2) is 5.65 Å². The van der Waals surface area contributed by atoms with E-state index in [4.69, 9.17) is 15.5 Å². The van der Waals surface area contributed by atoms with E-state index in [0.29, 0.717) is 11.7 Å². The first-order valence-corrected chi connectivity index (χ1v) is 11.8. The monoisotopic (exact) mass is 428 g/mol.